The highest BCUT2D eigenvalue weighted by molar-refractivity contribution is 5.86. The van der Waals surface area contributed by atoms with Crippen LogP contribution in [0.4, 0.5) is 0 Å². The average Bonchev–Trinajstić information content (AvgIpc) is 2.74. The van der Waals surface area contributed by atoms with Gasteiger partial charge in [-0.25, -0.2) is 4.79 Å². The molecule has 0 saturated heterocycles. The zero-order valence-electron chi connectivity index (χ0n) is 19.0. The van der Waals surface area contributed by atoms with Crippen LogP contribution in [0.15, 0.2) is 21.3 Å². The number of aliphatic carboxylic acids is 1. The van der Waals surface area contributed by atoms with Crippen LogP contribution in [0.5, 0.6) is 5.75 Å². The fourth-order valence-electron chi connectivity index (χ4n) is 4.83. The van der Waals surface area contributed by atoms with Crippen LogP contribution in [0.2, 0.25) is 0 Å². The lowest BCUT2D eigenvalue weighted by molar-refractivity contribution is -0.143. The van der Waals surface area contributed by atoms with Crippen LogP contribution in [0.25, 0.3) is 11.0 Å². The van der Waals surface area contributed by atoms with E-state index < -0.39 is 11.6 Å². The Labute approximate surface area is 187 Å². The van der Waals surface area contributed by atoms with E-state index in [4.69, 9.17) is 14.3 Å². The fourth-order valence-corrected chi connectivity index (χ4v) is 4.83. The Morgan fingerprint density at radius 3 is 2.59 bits per heavy atom. The average molecular weight is 442 g/mol. The van der Waals surface area contributed by atoms with E-state index >= 15 is 0 Å². The number of carboxylic acid groups (broad SMARTS) is 1. The molecule has 1 amide bonds. The van der Waals surface area contributed by atoms with Crippen LogP contribution in [0, 0.1) is 18.8 Å². The molecule has 1 aliphatic carbocycles. The standard InChI is InChI=1S/C25H31NO6/c1-14-18-10-17-8-9-25(2,3)32-20(17)12-21(18)31-24(30)19(14)11-22(27)26-13-15-4-6-16(7-5-15)23(28)29/h10,12,15-16H,4-9,11,13H2,1-3H3,(H,26,27)(H,28,29). The molecule has 172 valence electrons. The van der Waals surface area contributed by atoms with Crippen molar-refractivity contribution in [3.05, 3.63) is 39.2 Å². The molecule has 32 heavy (non-hydrogen) atoms. The molecule has 2 aliphatic rings. The number of aryl methyl sites for hydroxylation is 2. The minimum absolute atomic E-state index is 0.0325. The Bertz CT molecular complexity index is 1110. The summed E-state index contributed by atoms with van der Waals surface area (Å²) in [4.78, 5) is 36.3. The molecule has 1 saturated carbocycles. The zero-order valence-corrected chi connectivity index (χ0v) is 19.0. The van der Waals surface area contributed by atoms with Crippen LogP contribution in [-0.2, 0) is 22.4 Å². The van der Waals surface area contributed by atoms with Gasteiger partial charge in [-0.3, -0.25) is 9.59 Å². The minimum atomic E-state index is -0.734. The third kappa shape index (κ3) is 4.66. The summed E-state index contributed by atoms with van der Waals surface area (Å²) in [6.45, 7) is 6.45. The van der Waals surface area contributed by atoms with Gasteiger partial charge in [-0.1, -0.05) is 0 Å². The van der Waals surface area contributed by atoms with E-state index in [1.54, 1.807) is 6.07 Å². The molecule has 0 bridgehead atoms. The van der Waals surface area contributed by atoms with Crippen molar-refractivity contribution in [1.29, 1.82) is 0 Å². The summed E-state index contributed by atoms with van der Waals surface area (Å²) in [5.74, 6) is -0.196. The molecule has 0 spiro atoms. The first-order valence-corrected chi connectivity index (χ1v) is 11.4. The highest BCUT2D eigenvalue weighted by Gasteiger charge is 2.28. The second-order valence-corrected chi connectivity index (χ2v) is 9.85. The SMILES string of the molecule is Cc1c(CC(=O)NCC2CCC(C(=O)O)CC2)c(=O)oc2cc3c(cc12)CCC(C)(C)O3. The van der Waals surface area contributed by atoms with Gasteiger partial charge < -0.3 is 19.6 Å². The van der Waals surface area contributed by atoms with Gasteiger partial charge in [0, 0.05) is 18.0 Å². The molecule has 0 radical (unpaired) electrons. The Kier molecular flexibility index (Phi) is 6.01. The Morgan fingerprint density at radius 1 is 1.19 bits per heavy atom. The van der Waals surface area contributed by atoms with E-state index in [2.05, 4.69) is 5.32 Å². The summed E-state index contributed by atoms with van der Waals surface area (Å²) in [5.41, 5.74) is 1.95. The minimum Gasteiger partial charge on any atom is -0.487 e. The number of rotatable bonds is 5. The first-order valence-electron chi connectivity index (χ1n) is 11.4. The number of carbonyl (C=O) groups excluding carboxylic acids is 1. The van der Waals surface area contributed by atoms with Gasteiger partial charge in [-0.2, -0.15) is 0 Å². The van der Waals surface area contributed by atoms with Crippen LogP contribution >= 0.6 is 0 Å². The highest BCUT2D eigenvalue weighted by Crippen LogP contribution is 2.36. The van der Waals surface area contributed by atoms with E-state index in [1.165, 1.54) is 0 Å². The third-order valence-electron chi connectivity index (χ3n) is 6.97. The quantitative estimate of drug-likeness (QED) is 0.685. The van der Waals surface area contributed by atoms with Gasteiger partial charge in [0.25, 0.3) is 0 Å². The van der Waals surface area contributed by atoms with Crippen molar-refractivity contribution in [3.8, 4) is 5.75 Å². The van der Waals surface area contributed by atoms with Crippen molar-refractivity contribution in [3.63, 3.8) is 0 Å². The number of carboxylic acids is 1. The van der Waals surface area contributed by atoms with Gasteiger partial charge in [0.2, 0.25) is 5.91 Å². The second-order valence-electron chi connectivity index (χ2n) is 9.85. The topological polar surface area (TPSA) is 106 Å². The number of nitrogens with one attached hydrogen (secondary N) is 1. The monoisotopic (exact) mass is 441 g/mol. The smallest absolute Gasteiger partial charge is 0.340 e. The second kappa shape index (κ2) is 8.60. The molecule has 2 N–H and O–H groups in total. The molecule has 1 fully saturated rings. The van der Waals surface area contributed by atoms with Crippen molar-refractivity contribution in [2.75, 3.05) is 6.54 Å². The first-order chi connectivity index (χ1) is 15.1. The van der Waals surface area contributed by atoms with Crippen LogP contribution < -0.4 is 15.7 Å². The maximum Gasteiger partial charge on any atom is 0.340 e. The van der Waals surface area contributed by atoms with Crippen LogP contribution in [-0.4, -0.2) is 29.1 Å². The summed E-state index contributed by atoms with van der Waals surface area (Å²) in [7, 11) is 0. The summed E-state index contributed by atoms with van der Waals surface area (Å²) in [6, 6.07) is 3.80. The lowest BCUT2D eigenvalue weighted by Crippen LogP contribution is -2.34. The Balaban J connectivity index is 1.45. The number of amides is 1. The molecule has 7 heteroatoms. The summed E-state index contributed by atoms with van der Waals surface area (Å²) in [5, 5.41) is 12.9. The summed E-state index contributed by atoms with van der Waals surface area (Å²) in [6.07, 6.45) is 4.64. The number of fused-ring (bicyclic) bond motifs is 2. The Hall–Kier alpha value is -2.83. The molecule has 2 heterocycles. The van der Waals surface area contributed by atoms with E-state index in [0.717, 1.165) is 47.9 Å². The Morgan fingerprint density at radius 2 is 1.91 bits per heavy atom. The van der Waals surface area contributed by atoms with Gasteiger partial charge in [0.05, 0.1) is 17.9 Å². The lowest BCUT2D eigenvalue weighted by atomic mass is 9.82. The van der Waals surface area contributed by atoms with Crippen molar-refractivity contribution in [2.45, 2.75) is 71.3 Å². The van der Waals surface area contributed by atoms with E-state index in [0.29, 0.717) is 30.5 Å². The number of benzene rings is 1. The number of hydrogen-bond acceptors (Lipinski definition) is 5. The predicted octanol–water partition coefficient (Wildman–Crippen LogP) is 3.75. The summed E-state index contributed by atoms with van der Waals surface area (Å²) < 4.78 is 11.6. The van der Waals surface area contributed by atoms with Crippen molar-refractivity contribution < 1.29 is 23.8 Å². The first kappa shape index (κ1) is 22.4. The molecule has 1 aromatic carbocycles. The van der Waals surface area contributed by atoms with Crippen LogP contribution in [0.1, 0.15) is 62.6 Å². The van der Waals surface area contributed by atoms with Crippen molar-refractivity contribution in [2.24, 2.45) is 11.8 Å². The molecular formula is C25H31NO6. The third-order valence-corrected chi connectivity index (χ3v) is 6.97. The zero-order chi connectivity index (χ0) is 23.0. The van der Waals surface area contributed by atoms with E-state index in [-0.39, 0.29) is 29.8 Å². The van der Waals surface area contributed by atoms with E-state index in [9.17, 15) is 14.4 Å². The van der Waals surface area contributed by atoms with Crippen molar-refractivity contribution in [1.82, 2.24) is 5.32 Å². The highest BCUT2D eigenvalue weighted by atomic mass is 16.5. The maximum absolute atomic E-state index is 12.6. The van der Waals surface area contributed by atoms with Gasteiger partial charge in [0.15, 0.2) is 0 Å². The van der Waals surface area contributed by atoms with Gasteiger partial charge in [-0.15, -0.1) is 0 Å². The number of hydrogen-bond donors (Lipinski definition) is 2. The molecule has 1 aromatic heterocycles. The lowest BCUT2D eigenvalue weighted by Gasteiger charge is -2.32. The molecule has 4 rings (SSSR count). The molecule has 0 atom stereocenters. The van der Waals surface area contributed by atoms with Gasteiger partial charge >= 0.3 is 11.6 Å². The largest absolute Gasteiger partial charge is 0.487 e. The predicted molar refractivity (Wildman–Crippen MR) is 120 cm³/mol. The maximum atomic E-state index is 12.6. The molecular weight excluding hydrogens is 410 g/mol. The number of carbonyl (C=O) groups is 2. The molecule has 0 unspecified atom stereocenters. The number of ether oxygens (including phenoxy) is 1. The van der Waals surface area contributed by atoms with E-state index in [1.807, 2.05) is 26.8 Å². The fraction of sp³-hybridized carbons (Fsp3) is 0.560. The summed E-state index contributed by atoms with van der Waals surface area (Å²) >= 11 is 0. The van der Waals surface area contributed by atoms with Crippen molar-refractivity contribution >= 4 is 22.8 Å². The van der Waals surface area contributed by atoms with Gasteiger partial charge in [-0.05, 0) is 82.4 Å². The molecule has 7 nitrogen and oxygen atoms in total. The molecule has 1 aliphatic heterocycles. The van der Waals surface area contributed by atoms with Gasteiger partial charge in [0.1, 0.15) is 16.9 Å². The normalized spacial score (nSPS) is 22.1. The van der Waals surface area contributed by atoms with Crippen LogP contribution in [0.3, 0.4) is 0 Å². The molecule has 2 aromatic rings.